The van der Waals surface area contributed by atoms with Gasteiger partial charge in [0.25, 0.3) is 5.91 Å². The second-order valence-corrected chi connectivity index (χ2v) is 5.88. The van der Waals surface area contributed by atoms with Crippen LogP contribution < -0.4 is 5.32 Å². The minimum Gasteiger partial charge on any atom is -0.479 e. The van der Waals surface area contributed by atoms with Gasteiger partial charge in [0.15, 0.2) is 0 Å². The van der Waals surface area contributed by atoms with Crippen LogP contribution in [0.3, 0.4) is 0 Å². The maximum atomic E-state index is 12.2. The molecule has 2 rings (SSSR count). The molecule has 0 radical (unpaired) electrons. The number of benzene rings is 1. The normalized spacial score (nSPS) is 21.6. The van der Waals surface area contributed by atoms with Crippen molar-refractivity contribution < 1.29 is 19.4 Å². The molecule has 5 nitrogen and oxygen atoms in total. The van der Waals surface area contributed by atoms with Crippen molar-refractivity contribution in [2.45, 2.75) is 18.6 Å². The summed E-state index contributed by atoms with van der Waals surface area (Å²) in [6.45, 7) is 0.418. The zero-order valence-corrected chi connectivity index (χ0v) is 12.0. The number of methoxy groups -OCH3 is 1. The first kappa shape index (κ1) is 14.9. The summed E-state index contributed by atoms with van der Waals surface area (Å²) in [4.78, 5) is 23.7. The van der Waals surface area contributed by atoms with Gasteiger partial charge < -0.3 is 15.2 Å². The molecule has 108 valence electrons. The van der Waals surface area contributed by atoms with Gasteiger partial charge in [-0.25, -0.2) is 4.79 Å². The maximum Gasteiger partial charge on any atom is 0.330 e. The van der Waals surface area contributed by atoms with Crippen LogP contribution in [0.25, 0.3) is 0 Å². The molecule has 0 aliphatic carbocycles. The van der Waals surface area contributed by atoms with Crippen LogP contribution in [0.2, 0.25) is 0 Å². The molecule has 0 spiro atoms. The van der Waals surface area contributed by atoms with Gasteiger partial charge in [-0.3, -0.25) is 4.79 Å². The number of aliphatic carboxylic acids is 1. The summed E-state index contributed by atoms with van der Waals surface area (Å²) in [5.74, 6) is -0.168. The smallest absolute Gasteiger partial charge is 0.330 e. The highest BCUT2D eigenvalue weighted by atomic mass is 32.2. The zero-order chi connectivity index (χ0) is 14.6. The third-order valence-corrected chi connectivity index (χ3v) is 4.47. The highest BCUT2D eigenvalue weighted by Gasteiger charge is 2.43. The molecule has 1 aromatic rings. The Morgan fingerprint density at radius 1 is 1.50 bits per heavy atom. The molecule has 0 aromatic heterocycles. The van der Waals surface area contributed by atoms with E-state index in [1.54, 1.807) is 37.1 Å². The van der Waals surface area contributed by atoms with Crippen LogP contribution in [-0.2, 0) is 16.1 Å². The van der Waals surface area contributed by atoms with Crippen molar-refractivity contribution in [1.82, 2.24) is 5.32 Å². The number of carboxylic acids is 1. The van der Waals surface area contributed by atoms with E-state index in [-0.39, 0.29) is 5.91 Å². The summed E-state index contributed by atoms with van der Waals surface area (Å²) in [5, 5.41) is 12.0. The number of carbonyl (C=O) groups excluding carboxylic acids is 1. The number of amides is 1. The lowest BCUT2D eigenvalue weighted by Crippen LogP contribution is -2.54. The monoisotopic (exact) mass is 295 g/mol. The number of hydrogen-bond donors (Lipinski definition) is 2. The van der Waals surface area contributed by atoms with Crippen LogP contribution >= 0.6 is 11.8 Å². The van der Waals surface area contributed by atoms with E-state index in [1.807, 2.05) is 6.07 Å². The third kappa shape index (κ3) is 3.13. The van der Waals surface area contributed by atoms with Crippen molar-refractivity contribution in [3.8, 4) is 0 Å². The molecule has 1 aromatic carbocycles. The molecule has 1 heterocycles. The number of nitrogens with one attached hydrogen (secondary N) is 1. The molecule has 1 unspecified atom stereocenters. The van der Waals surface area contributed by atoms with E-state index < -0.39 is 11.5 Å². The van der Waals surface area contributed by atoms with E-state index in [2.05, 4.69) is 5.32 Å². The second-order valence-electron chi connectivity index (χ2n) is 4.78. The van der Waals surface area contributed by atoms with E-state index in [1.165, 1.54) is 0 Å². The van der Waals surface area contributed by atoms with E-state index in [9.17, 15) is 14.7 Å². The molecule has 20 heavy (non-hydrogen) atoms. The van der Waals surface area contributed by atoms with Gasteiger partial charge in [0, 0.05) is 18.4 Å². The molecule has 1 atom stereocenters. The number of rotatable bonds is 5. The van der Waals surface area contributed by atoms with Gasteiger partial charge in [0.05, 0.1) is 6.61 Å². The summed E-state index contributed by atoms with van der Waals surface area (Å²) in [6.07, 6.45) is 0.455. The van der Waals surface area contributed by atoms with E-state index >= 15 is 0 Å². The Morgan fingerprint density at radius 2 is 2.30 bits per heavy atom. The molecule has 2 N–H and O–H groups in total. The predicted molar refractivity (Wildman–Crippen MR) is 76.9 cm³/mol. The largest absolute Gasteiger partial charge is 0.479 e. The molecule has 1 fully saturated rings. The van der Waals surface area contributed by atoms with Crippen molar-refractivity contribution in [1.29, 1.82) is 0 Å². The van der Waals surface area contributed by atoms with Crippen LogP contribution in [0.15, 0.2) is 24.3 Å². The molecule has 1 aliphatic rings. The van der Waals surface area contributed by atoms with E-state index in [4.69, 9.17) is 4.74 Å². The molecular formula is C14H17NO4S. The van der Waals surface area contributed by atoms with Crippen LogP contribution in [0, 0.1) is 0 Å². The lowest BCUT2D eigenvalue weighted by atomic mass is 9.98. The molecule has 0 bridgehead atoms. The number of hydrogen-bond acceptors (Lipinski definition) is 4. The Bertz CT molecular complexity index is 512. The first-order chi connectivity index (χ1) is 9.57. The van der Waals surface area contributed by atoms with Gasteiger partial charge in [-0.2, -0.15) is 11.8 Å². The average Bonchev–Trinajstić information content (AvgIpc) is 2.89. The Labute approximate surface area is 121 Å². The topological polar surface area (TPSA) is 75.6 Å². The van der Waals surface area contributed by atoms with Crippen molar-refractivity contribution in [2.75, 3.05) is 18.6 Å². The highest BCUT2D eigenvalue weighted by Crippen LogP contribution is 2.28. The number of carbonyl (C=O) groups is 2. The molecule has 0 saturated carbocycles. The number of thioether (sulfide) groups is 1. The van der Waals surface area contributed by atoms with Crippen LogP contribution in [0.1, 0.15) is 22.3 Å². The van der Waals surface area contributed by atoms with Crippen LogP contribution in [0.5, 0.6) is 0 Å². The Kier molecular flexibility index (Phi) is 4.67. The Hall–Kier alpha value is -1.53. The lowest BCUT2D eigenvalue weighted by Gasteiger charge is -2.24. The fraction of sp³-hybridized carbons (Fsp3) is 0.429. The minimum absolute atomic E-state index is 0.354. The summed E-state index contributed by atoms with van der Waals surface area (Å²) >= 11 is 1.54. The van der Waals surface area contributed by atoms with Crippen molar-refractivity contribution in [2.24, 2.45) is 0 Å². The van der Waals surface area contributed by atoms with Gasteiger partial charge >= 0.3 is 5.97 Å². The Morgan fingerprint density at radius 3 is 2.90 bits per heavy atom. The molecular weight excluding hydrogens is 278 g/mol. The highest BCUT2D eigenvalue weighted by molar-refractivity contribution is 7.99. The average molecular weight is 295 g/mol. The molecule has 6 heteroatoms. The lowest BCUT2D eigenvalue weighted by molar-refractivity contribution is -0.143. The standard InChI is InChI=1S/C14H17NO4S/c1-19-8-10-3-2-4-11(7-10)12(16)15-14(13(17)18)5-6-20-9-14/h2-4,7H,5-6,8-9H2,1H3,(H,15,16)(H,17,18). The first-order valence-corrected chi connectivity index (χ1v) is 7.44. The maximum absolute atomic E-state index is 12.2. The third-order valence-electron chi connectivity index (χ3n) is 3.28. The molecule has 1 amide bonds. The van der Waals surface area contributed by atoms with Gasteiger partial charge in [0.2, 0.25) is 0 Å². The summed E-state index contributed by atoms with van der Waals surface area (Å²) < 4.78 is 5.02. The fourth-order valence-electron chi connectivity index (χ4n) is 2.14. The quantitative estimate of drug-likeness (QED) is 0.861. The summed E-state index contributed by atoms with van der Waals surface area (Å²) in [5.41, 5.74) is 0.196. The summed E-state index contributed by atoms with van der Waals surface area (Å²) in [7, 11) is 1.59. The SMILES string of the molecule is COCc1cccc(C(=O)NC2(C(=O)O)CCSC2)c1. The fourth-order valence-corrected chi connectivity index (χ4v) is 3.47. The van der Waals surface area contributed by atoms with Crippen molar-refractivity contribution >= 4 is 23.6 Å². The van der Waals surface area contributed by atoms with Crippen molar-refractivity contribution in [3.63, 3.8) is 0 Å². The van der Waals surface area contributed by atoms with E-state index in [0.717, 1.165) is 11.3 Å². The van der Waals surface area contributed by atoms with Crippen molar-refractivity contribution in [3.05, 3.63) is 35.4 Å². The number of ether oxygens (including phenoxy) is 1. The van der Waals surface area contributed by atoms with Gasteiger partial charge in [-0.05, 0) is 29.9 Å². The van der Waals surface area contributed by atoms with E-state index in [0.29, 0.717) is 24.3 Å². The predicted octanol–water partition coefficient (Wildman–Crippen LogP) is 1.52. The molecule has 1 aliphatic heterocycles. The second kappa shape index (κ2) is 6.28. The zero-order valence-electron chi connectivity index (χ0n) is 11.2. The number of carboxylic acid groups (broad SMARTS) is 1. The summed E-state index contributed by atoms with van der Waals surface area (Å²) in [6, 6.07) is 7.02. The first-order valence-electron chi connectivity index (χ1n) is 6.29. The minimum atomic E-state index is -1.14. The van der Waals surface area contributed by atoms with Crippen LogP contribution in [-0.4, -0.2) is 41.1 Å². The Balaban J connectivity index is 2.15. The van der Waals surface area contributed by atoms with Crippen LogP contribution in [0.4, 0.5) is 0 Å². The van der Waals surface area contributed by atoms with Gasteiger partial charge in [-0.1, -0.05) is 12.1 Å². The molecule has 1 saturated heterocycles. The van der Waals surface area contributed by atoms with Gasteiger partial charge in [0.1, 0.15) is 5.54 Å². The van der Waals surface area contributed by atoms with Gasteiger partial charge in [-0.15, -0.1) is 0 Å².